The quantitative estimate of drug-likeness (QED) is 0.135. The average Bonchev–Trinajstić information content (AvgIpc) is 3.50. The maximum atomic E-state index is 13.6. The zero-order chi connectivity index (χ0) is 29.7. The van der Waals surface area contributed by atoms with E-state index >= 15 is 0 Å². The zero-order valence-corrected chi connectivity index (χ0v) is 23.4. The number of alkyl halides is 1. The molecule has 11 nitrogen and oxygen atoms in total. The second-order valence-corrected chi connectivity index (χ2v) is 9.98. The third-order valence-corrected chi connectivity index (χ3v) is 7.06. The molecular weight excluding hydrogens is 550 g/mol. The number of nitro groups is 1. The molecule has 0 aliphatic carbocycles. The zero-order valence-electron chi connectivity index (χ0n) is 22.7. The lowest BCUT2D eigenvalue weighted by Gasteiger charge is -2.20. The lowest BCUT2D eigenvalue weighted by molar-refractivity contribution is -0.384. The fourth-order valence-electron chi connectivity index (χ4n) is 4.61. The molecule has 1 aliphatic heterocycles. The number of nitro benzene ring substituents is 1. The van der Waals surface area contributed by atoms with Crippen molar-refractivity contribution in [3.05, 3.63) is 88.2 Å². The molecule has 2 aromatic carbocycles. The number of rotatable bonds is 10. The molecule has 0 fully saturated rings. The Balaban J connectivity index is 1.46. The number of hydrogen-bond acceptors (Lipinski definition) is 6. The molecule has 1 unspecified atom stereocenters. The van der Waals surface area contributed by atoms with Crippen LogP contribution in [-0.2, 0) is 28.0 Å². The summed E-state index contributed by atoms with van der Waals surface area (Å²) in [7, 11) is 1.77. The molecule has 12 heteroatoms. The molecule has 3 amide bonds. The van der Waals surface area contributed by atoms with E-state index in [9.17, 15) is 24.5 Å². The molecule has 3 aromatic rings. The maximum absolute atomic E-state index is 13.6. The molecule has 0 bridgehead atoms. The van der Waals surface area contributed by atoms with E-state index in [0.29, 0.717) is 47.2 Å². The predicted molar refractivity (Wildman–Crippen MR) is 157 cm³/mol. The van der Waals surface area contributed by atoms with Crippen LogP contribution in [0.15, 0.2) is 61.3 Å². The van der Waals surface area contributed by atoms with E-state index in [1.807, 2.05) is 13.0 Å². The van der Waals surface area contributed by atoms with Crippen LogP contribution in [0.3, 0.4) is 0 Å². The number of fused-ring (bicyclic) bond motifs is 1. The Morgan fingerprint density at radius 2 is 1.85 bits per heavy atom. The van der Waals surface area contributed by atoms with Crippen LogP contribution in [-0.4, -0.2) is 39.8 Å². The van der Waals surface area contributed by atoms with Gasteiger partial charge in [-0.2, -0.15) is 0 Å². The Morgan fingerprint density at radius 3 is 2.51 bits per heavy atom. The molecule has 0 saturated heterocycles. The number of non-ortho nitro benzene ring substituents is 1. The van der Waals surface area contributed by atoms with E-state index in [1.165, 1.54) is 24.3 Å². The summed E-state index contributed by atoms with van der Waals surface area (Å²) < 4.78 is 6.99. The number of amides is 3. The fourth-order valence-corrected chi connectivity index (χ4v) is 4.88. The molecule has 214 valence electrons. The molecule has 1 aliphatic rings. The molecular formula is C29H30ClN5O6. The van der Waals surface area contributed by atoms with E-state index in [1.54, 1.807) is 40.9 Å². The molecule has 0 radical (unpaired) electrons. The monoisotopic (exact) mass is 579 g/mol. The number of benzene rings is 2. The van der Waals surface area contributed by atoms with Gasteiger partial charge in [-0.05, 0) is 47.9 Å². The highest BCUT2D eigenvalue weighted by molar-refractivity contribution is 6.26. The van der Waals surface area contributed by atoms with Gasteiger partial charge in [0.1, 0.15) is 6.61 Å². The Kier molecular flexibility index (Phi) is 9.08. The Labute approximate surface area is 241 Å². The van der Waals surface area contributed by atoms with E-state index < -0.39 is 11.0 Å². The number of carbonyl (C=O) groups is 3. The van der Waals surface area contributed by atoms with Crippen molar-refractivity contribution in [3.8, 4) is 0 Å². The van der Waals surface area contributed by atoms with Crippen LogP contribution in [0, 0.1) is 10.1 Å². The van der Waals surface area contributed by atoms with Crippen molar-refractivity contribution in [1.82, 2.24) is 4.57 Å². The van der Waals surface area contributed by atoms with E-state index in [2.05, 4.69) is 17.2 Å². The Bertz CT molecular complexity index is 1500. The smallest absolute Gasteiger partial charge is 0.411 e. The number of hydrogen-bond donors (Lipinski definition) is 2. The number of nitrogens with one attached hydrogen (secondary N) is 2. The van der Waals surface area contributed by atoms with Crippen LogP contribution in [0.1, 0.15) is 42.5 Å². The molecule has 2 heterocycles. The lowest BCUT2D eigenvalue weighted by Crippen LogP contribution is -2.31. The minimum Gasteiger partial charge on any atom is -0.444 e. The van der Waals surface area contributed by atoms with Gasteiger partial charge < -0.3 is 19.5 Å². The Morgan fingerprint density at radius 1 is 1.12 bits per heavy atom. The van der Waals surface area contributed by atoms with Gasteiger partial charge in [0.2, 0.25) is 5.91 Å². The number of anilines is 3. The number of aryl methyl sites for hydroxylation is 1. The summed E-state index contributed by atoms with van der Waals surface area (Å²) in [4.78, 5) is 50.0. The number of halogens is 1. The highest BCUT2D eigenvalue weighted by Gasteiger charge is 2.34. The van der Waals surface area contributed by atoms with E-state index in [-0.39, 0.29) is 35.6 Å². The van der Waals surface area contributed by atoms with E-state index in [4.69, 9.17) is 16.3 Å². The average molecular weight is 580 g/mol. The van der Waals surface area contributed by atoms with Gasteiger partial charge in [-0.15, -0.1) is 11.6 Å². The fraction of sp³-hybridized carbons (Fsp3) is 0.276. The second kappa shape index (κ2) is 12.7. The minimum absolute atomic E-state index is 0.0558. The van der Waals surface area contributed by atoms with Crippen LogP contribution < -0.4 is 15.5 Å². The van der Waals surface area contributed by atoms with Crippen molar-refractivity contribution < 1.29 is 24.0 Å². The first-order chi connectivity index (χ1) is 19.6. The van der Waals surface area contributed by atoms with Crippen LogP contribution >= 0.6 is 11.6 Å². The molecule has 2 N–H and O–H groups in total. The number of nitrogens with zero attached hydrogens (tertiary/aromatic N) is 3. The molecule has 41 heavy (non-hydrogen) atoms. The van der Waals surface area contributed by atoms with Crippen LogP contribution in [0.5, 0.6) is 0 Å². The Hall–Kier alpha value is -4.64. The molecule has 0 spiro atoms. The number of aromatic nitrogens is 1. The van der Waals surface area contributed by atoms with Gasteiger partial charge in [-0.25, -0.2) is 4.79 Å². The highest BCUT2D eigenvalue weighted by Crippen LogP contribution is 2.40. The summed E-state index contributed by atoms with van der Waals surface area (Å²) in [6, 6.07) is 12.6. The predicted octanol–water partition coefficient (Wildman–Crippen LogP) is 5.80. The van der Waals surface area contributed by atoms with Crippen molar-refractivity contribution in [2.45, 2.75) is 32.3 Å². The first kappa shape index (κ1) is 29.3. The topological polar surface area (TPSA) is 136 Å². The molecule has 1 atom stereocenters. The van der Waals surface area contributed by atoms with Crippen molar-refractivity contribution in [2.24, 2.45) is 7.05 Å². The molecule has 1 aromatic heterocycles. The minimum atomic E-state index is -0.723. The van der Waals surface area contributed by atoms with Crippen LogP contribution in [0.4, 0.5) is 27.5 Å². The van der Waals surface area contributed by atoms with Gasteiger partial charge in [0.25, 0.3) is 11.6 Å². The third-order valence-electron chi connectivity index (χ3n) is 6.69. The first-order valence-corrected chi connectivity index (χ1v) is 13.5. The maximum Gasteiger partial charge on any atom is 0.411 e. The van der Waals surface area contributed by atoms with Gasteiger partial charge in [0.05, 0.1) is 21.9 Å². The van der Waals surface area contributed by atoms with Crippen molar-refractivity contribution in [1.29, 1.82) is 0 Å². The van der Waals surface area contributed by atoms with Crippen LogP contribution in [0.25, 0.3) is 5.57 Å². The lowest BCUT2D eigenvalue weighted by atomic mass is 10.0. The number of carbonyl (C=O) groups excluding carboxylic acids is 3. The largest absolute Gasteiger partial charge is 0.444 e. The summed E-state index contributed by atoms with van der Waals surface area (Å²) in [5, 5.41) is 16.3. The van der Waals surface area contributed by atoms with Gasteiger partial charge in [0, 0.05) is 61.5 Å². The summed E-state index contributed by atoms with van der Waals surface area (Å²) in [5.41, 5.74) is 3.79. The normalized spacial score (nSPS) is 13.8. The summed E-state index contributed by atoms with van der Waals surface area (Å²) >= 11 is 6.22. The third kappa shape index (κ3) is 6.75. The number of ether oxygens (including phenoxy) is 1. The van der Waals surface area contributed by atoms with Crippen molar-refractivity contribution in [2.75, 3.05) is 28.0 Å². The van der Waals surface area contributed by atoms with Crippen molar-refractivity contribution in [3.63, 3.8) is 0 Å². The van der Waals surface area contributed by atoms with Crippen molar-refractivity contribution >= 4 is 57.8 Å². The summed E-state index contributed by atoms with van der Waals surface area (Å²) in [5.74, 6) is -0.245. The molecule has 0 saturated carbocycles. The standard InChI is InChI=1S/C29H30ClN5O6/c1-4-5-27(36)31-22-13-25(33(3)16-22)18(2)28(37)34-15-20(14-30)24-11-8-21(12-26(24)34)32-29(38)41-17-19-6-9-23(10-7-19)35(39)40/h6-13,16,20H,2,4-5,14-15,17H2,1,3H3,(H,31,36)(H,32,38). The van der Waals surface area contributed by atoms with Crippen LogP contribution in [0.2, 0.25) is 0 Å². The van der Waals surface area contributed by atoms with Gasteiger partial charge in [0.15, 0.2) is 0 Å². The van der Waals surface area contributed by atoms with Gasteiger partial charge in [-0.3, -0.25) is 25.0 Å². The SMILES string of the molecule is C=C(C(=O)N1CC(CCl)c2ccc(NC(=O)OCc3ccc([N+](=O)[O-])cc3)cc21)c1cc(NC(=O)CCC)cn1C. The van der Waals surface area contributed by atoms with Gasteiger partial charge in [-0.1, -0.05) is 19.6 Å². The highest BCUT2D eigenvalue weighted by atomic mass is 35.5. The summed E-state index contributed by atoms with van der Waals surface area (Å²) in [6.07, 6.45) is 2.13. The second-order valence-electron chi connectivity index (χ2n) is 9.67. The van der Waals surface area contributed by atoms with Gasteiger partial charge >= 0.3 is 6.09 Å². The molecule has 4 rings (SSSR count). The summed E-state index contributed by atoms with van der Waals surface area (Å²) in [6.45, 7) is 6.22. The van der Waals surface area contributed by atoms with E-state index in [0.717, 1.165) is 12.0 Å². The first-order valence-electron chi connectivity index (χ1n) is 13.0.